The average molecular weight is 306 g/mol. The van der Waals surface area contributed by atoms with Crippen LogP contribution in [-0.2, 0) is 0 Å². The Bertz CT molecular complexity index is 702. The Balaban J connectivity index is 2.04. The van der Waals surface area contributed by atoms with E-state index in [1.807, 2.05) is 6.07 Å². The van der Waals surface area contributed by atoms with Crippen molar-refractivity contribution < 1.29 is 22.7 Å². The van der Waals surface area contributed by atoms with Crippen molar-refractivity contribution in [2.75, 3.05) is 5.32 Å². The second kappa shape index (κ2) is 6.18. The minimum atomic E-state index is -4.76. The Labute approximate surface area is 123 Å². The van der Waals surface area contributed by atoms with Crippen LogP contribution in [0.1, 0.15) is 15.9 Å². The van der Waals surface area contributed by atoms with Gasteiger partial charge in [0.25, 0.3) is 5.91 Å². The molecule has 7 heteroatoms. The fraction of sp³-hybridized carbons (Fsp3) is 0.0667. The standard InChI is InChI=1S/C15H9F3N2O2/c16-15(17,18)22-13-7-5-12(6-8-13)20-14(21)11-3-1-10(9-19)2-4-11/h1-8H,(H,20,21). The Morgan fingerprint density at radius 2 is 1.64 bits per heavy atom. The van der Waals surface area contributed by atoms with Gasteiger partial charge in [0.05, 0.1) is 11.6 Å². The molecule has 0 radical (unpaired) electrons. The zero-order valence-electron chi connectivity index (χ0n) is 11.0. The fourth-order valence-electron chi connectivity index (χ4n) is 1.64. The number of alkyl halides is 3. The van der Waals surface area contributed by atoms with Gasteiger partial charge in [0.15, 0.2) is 0 Å². The van der Waals surface area contributed by atoms with Crippen molar-refractivity contribution in [3.63, 3.8) is 0 Å². The van der Waals surface area contributed by atoms with Gasteiger partial charge in [-0.3, -0.25) is 4.79 Å². The quantitative estimate of drug-likeness (QED) is 0.940. The minimum Gasteiger partial charge on any atom is -0.406 e. The molecule has 0 bridgehead atoms. The van der Waals surface area contributed by atoms with Crippen LogP contribution in [0.5, 0.6) is 5.75 Å². The van der Waals surface area contributed by atoms with E-state index in [-0.39, 0.29) is 5.75 Å². The third kappa shape index (κ3) is 4.24. The first-order chi connectivity index (χ1) is 10.4. The summed E-state index contributed by atoms with van der Waals surface area (Å²) in [6, 6.07) is 12.7. The van der Waals surface area contributed by atoms with Crippen LogP contribution in [0.25, 0.3) is 0 Å². The molecule has 2 aromatic carbocycles. The lowest BCUT2D eigenvalue weighted by molar-refractivity contribution is -0.274. The van der Waals surface area contributed by atoms with Crippen molar-refractivity contribution in [1.29, 1.82) is 5.26 Å². The van der Waals surface area contributed by atoms with E-state index in [1.54, 1.807) is 0 Å². The highest BCUT2D eigenvalue weighted by Gasteiger charge is 2.30. The lowest BCUT2D eigenvalue weighted by atomic mass is 10.1. The van der Waals surface area contributed by atoms with Gasteiger partial charge in [-0.25, -0.2) is 0 Å². The zero-order chi connectivity index (χ0) is 16.2. The van der Waals surface area contributed by atoms with Crippen LogP contribution in [0.15, 0.2) is 48.5 Å². The first kappa shape index (κ1) is 15.4. The number of halogens is 3. The summed E-state index contributed by atoms with van der Waals surface area (Å²) in [4.78, 5) is 11.9. The first-order valence-electron chi connectivity index (χ1n) is 6.05. The van der Waals surface area contributed by atoms with E-state index in [0.29, 0.717) is 16.8 Å². The second-order valence-electron chi connectivity index (χ2n) is 4.22. The van der Waals surface area contributed by atoms with Crippen molar-refractivity contribution >= 4 is 11.6 Å². The molecule has 0 aliphatic heterocycles. The van der Waals surface area contributed by atoms with Crippen LogP contribution in [0.2, 0.25) is 0 Å². The van der Waals surface area contributed by atoms with Gasteiger partial charge in [0.1, 0.15) is 5.75 Å². The highest BCUT2D eigenvalue weighted by atomic mass is 19.4. The monoisotopic (exact) mass is 306 g/mol. The Morgan fingerprint density at radius 3 is 2.14 bits per heavy atom. The van der Waals surface area contributed by atoms with E-state index in [0.717, 1.165) is 12.1 Å². The number of carbonyl (C=O) groups excluding carboxylic acids is 1. The van der Waals surface area contributed by atoms with Crippen molar-refractivity contribution in [1.82, 2.24) is 0 Å². The Kier molecular flexibility index (Phi) is 4.32. The lowest BCUT2D eigenvalue weighted by Crippen LogP contribution is -2.17. The average Bonchev–Trinajstić information content (AvgIpc) is 2.48. The molecule has 1 amide bonds. The summed E-state index contributed by atoms with van der Waals surface area (Å²) in [6.45, 7) is 0. The smallest absolute Gasteiger partial charge is 0.406 e. The molecule has 0 aromatic heterocycles. The molecule has 0 heterocycles. The molecule has 22 heavy (non-hydrogen) atoms. The van der Waals surface area contributed by atoms with Gasteiger partial charge in [-0.15, -0.1) is 13.2 Å². The van der Waals surface area contributed by atoms with E-state index < -0.39 is 12.3 Å². The number of ether oxygens (including phenoxy) is 1. The Hall–Kier alpha value is -3.01. The summed E-state index contributed by atoms with van der Waals surface area (Å²) in [7, 11) is 0. The van der Waals surface area contributed by atoms with Gasteiger partial charge in [0.2, 0.25) is 0 Å². The van der Waals surface area contributed by atoms with E-state index >= 15 is 0 Å². The molecule has 0 aliphatic rings. The predicted molar refractivity (Wildman–Crippen MR) is 72.2 cm³/mol. The van der Waals surface area contributed by atoms with Crippen molar-refractivity contribution in [3.05, 3.63) is 59.7 Å². The topological polar surface area (TPSA) is 62.1 Å². The maximum absolute atomic E-state index is 12.0. The molecule has 0 atom stereocenters. The molecule has 112 valence electrons. The summed E-state index contributed by atoms with van der Waals surface area (Å²) in [5, 5.41) is 11.2. The number of amides is 1. The summed E-state index contributed by atoms with van der Waals surface area (Å²) >= 11 is 0. The summed E-state index contributed by atoms with van der Waals surface area (Å²) in [5.74, 6) is -0.808. The van der Waals surface area contributed by atoms with Gasteiger partial charge >= 0.3 is 6.36 Å². The van der Waals surface area contributed by atoms with Crippen LogP contribution in [-0.4, -0.2) is 12.3 Å². The van der Waals surface area contributed by atoms with E-state index in [2.05, 4.69) is 10.1 Å². The van der Waals surface area contributed by atoms with Gasteiger partial charge in [-0.2, -0.15) is 5.26 Å². The molecule has 2 aromatic rings. The zero-order valence-corrected chi connectivity index (χ0v) is 11.0. The van der Waals surface area contributed by atoms with Crippen LogP contribution >= 0.6 is 0 Å². The maximum Gasteiger partial charge on any atom is 0.573 e. The molecule has 0 saturated carbocycles. The Morgan fingerprint density at radius 1 is 1.05 bits per heavy atom. The number of nitriles is 1. The third-order valence-corrected chi connectivity index (χ3v) is 2.62. The van der Waals surface area contributed by atoms with Crippen molar-refractivity contribution in [2.45, 2.75) is 6.36 Å². The van der Waals surface area contributed by atoms with E-state index in [4.69, 9.17) is 5.26 Å². The van der Waals surface area contributed by atoms with Crippen LogP contribution in [0.3, 0.4) is 0 Å². The number of rotatable bonds is 3. The normalized spacial score (nSPS) is 10.6. The van der Waals surface area contributed by atoms with Crippen LogP contribution < -0.4 is 10.1 Å². The summed E-state index contributed by atoms with van der Waals surface area (Å²) < 4.78 is 39.8. The number of nitrogens with one attached hydrogen (secondary N) is 1. The molecule has 0 saturated heterocycles. The number of benzene rings is 2. The number of hydrogen-bond donors (Lipinski definition) is 1. The highest BCUT2D eigenvalue weighted by molar-refractivity contribution is 6.04. The number of hydrogen-bond acceptors (Lipinski definition) is 3. The van der Waals surface area contributed by atoms with E-state index in [1.165, 1.54) is 36.4 Å². The molecular weight excluding hydrogens is 297 g/mol. The summed E-state index contributed by atoms with van der Waals surface area (Å²) in [5.41, 5.74) is 1.07. The molecule has 2 rings (SSSR count). The van der Waals surface area contributed by atoms with Crippen LogP contribution in [0, 0.1) is 11.3 Å². The van der Waals surface area contributed by atoms with Crippen molar-refractivity contribution in [3.8, 4) is 11.8 Å². The molecule has 0 aliphatic carbocycles. The van der Waals surface area contributed by atoms with Gasteiger partial charge in [0, 0.05) is 11.3 Å². The molecule has 0 spiro atoms. The van der Waals surface area contributed by atoms with Crippen LogP contribution in [0.4, 0.5) is 18.9 Å². The van der Waals surface area contributed by atoms with Gasteiger partial charge in [-0.05, 0) is 48.5 Å². The van der Waals surface area contributed by atoms with Gasteiger partial charge < -0.3 is 10.1 Å². The van der Waals surface area contributed by atoms with Gasteiger partial charge in [-0.1, -0.05) is 0 Å². The SMILES string of the molecule is N#Cc1ccc(C(=O)Nc2ccc(OC(F)(F)F)cc2)cc1. The predicted octanol–water partition coefficient (Wildman–Crippen LogP) is 3.71. The first-order valence-corrected chi connectivity index (χ1v) is 6.05. The molecular formula is C15H9F3N2O2. The van der Waals surface area contributed by atoms with E-state index in [9.17, 15) is 18.0 Å². The maximum atomic E-state index is 12.0. The second-order valence-corrected chi connectivity index (χ2v) is 4.22. The summed E-state index contributed by atoms with van der Waals surface area (Å²) in [6.07, 6.45) is -4.76. The number of carbonyl (C=O) groups is 1. The number of anilines is 1. The molecule has 0 unspecified atom stereocenters. The number of nitrogens with zero attached hydrogens (tertiary/aromatic N) is 1. The largest absolute Gasteiger partial charge is 0.573 e. The molecule has 0 fully saturated rings. The third-order valence-electron chi connectivity index (χ3n) is 2.62. The van der Waals surface area contributed by atoms with Crippen molar-refractivity contribution in [2.24, 2.45) is 0 Å². The highest BCUT2D eigenvalue weighted by Crippen LogP contribution is 2.24. The minimum absolute atomic E-state index is 0.323. The molecule has 4 nitrogen and oxygen atoms in total. The molecule has 1 N–H and O–H groups in total. The lowest BCUT2D eigenvalue weighted by Gasteiger charge is -2.10. The fourth-order valence-corrected chi connectivity index (χ4v) is 1.64.